The van der Waals surface area contributed by atoms with E-state index in [1.54, 1.807) is 33.7 Å². The fourth-order valence-corrected chi connectivity index (χ4v) is 4.89. The van der Waals surface area contributed by atoms with Crippen LogP contribution in [0.4, 0.5) is 14.5 Å². The highest BCUT2D eigenvalue weighted by Gasteiger charge is 2.26. The van der Waals surface area contributed by atoms with Crippen LogP contribution in [0, 0.1) is 11.6 Å². The molecule has 1 saturated heterocycles. The van der Waals surface area contributed by atoms with Crippen molar-refractivity contribution >= 4 is 28.5 Å². The van der Waals surface area contributed by atoms with Gasteiger partial charge >= 0.3 is 5.97 Å². The van der Waals surface area contributed by atoms with Crippen LogP contribution in [0.2, 0.25) is 0 Å². The molecule has 2 N–H and O–H groups in total. The number of para-hydroxylation sites is 1. The lowest BCUT2D eigenvalue weighted by atomic mass is 10.0. The minimum absolute atomic E-state index is 0.131. The van der Waals surface area contributed by atoms with E-state index in [9.17, 15) is 28.3 Å². The number of pyridine rings is 1. The summed E-state index contributed by atoms with van der Waals surface area (Å²) in [4.78, 5) is 39.2. The molecule has 1 aliphatic rings. The van der Waals surface area contributed by atoms with Crippen molar-refractivity contribution in [1.82, 2.24) is 9.88 Å². The minimum atomic E-state index is -1.44. The third kappa shape index (κ3) is 5.86. The number of carboxylic acids is 1. The number of benzene rings is 3. The summed E-state index contributed by atoms with van der Waals surface area (Å²) < 4.78 is 36.6. The molecule has 1 unspecified atom stereocenters. The topological polar surface area (TPSA) is 101 Å². The minimum Gasteiger partial charge on any atom is -0.480 e. The molecule has 0 spiro atoms. The number of nitrogens with zero attached hydrogens (tertiary/aromatic N) is 2. The van der Waals surface area contributed by atoms with Crippen LogP contribution >= 0.6 is 0 Å². The largest absolute Gasteiger partial charge is 0.480 e. The molecule has 8 nitrogen and oxygen atoms in total. The quantitative estimate of drug-likeness (QED) is 0.350. The van der Waals surface area contributed by atoms with Gasteiger partial charge < -0.3 is 24.6 Å². The van der Waals surface area contributed by atoms with Gasteiger partial charge in [0.2, 0.25) is 0 Å². The second kappa shape index (κ2) is 11.7. The number of aromatic nitrogens is 1. The van der Waals surface area contributed by atoms with Crippen molar-refractivity contribution in [3.8, 4) is 0 Å². The average Bonchev–Trinajstić information content (AvgIpc) is 2.94. The van der Waals surface area contributed by atoms with Crippen molar-refractivity contribution in [2.24, 2.45) is 0 Å². The molecule has 0 bridgehead atoms. The monoisotopic (exact) mass is 547 g/mol. The Balaban J connectivity index is 1.33. The molecule has 4 aromatic rings. The summed E-state index contributed by atoms with van der Waals surface area (Å²) in [6.45, 7) is 2.01. The number of ether oxygens (including phenoxy) is 1. The molecule has 1 atom stereocenters. The van der Waals surface area contributed by atoms with Gasteiger partial charge in [0, 0.05) is 31.3 Å². The summed E-state index contributed by atoms with van der Waals surface area (Å²) in [6, 6.07) is 18.4. The molecule has 40 heavy (non-hydrogen) atoms. The van der Waals surface area contributed by atoms with Gasteiger partial charge in [-0.15, -0.1) is 0 Å². The van der Waals surface area contributed by atoms with Crippen LogP contribution in [0.25, 0.3) is 10.9 Å². The molecule has 2 heterocycles. The Kier molecular flexibility index (Phi) is 7.88. The standard InChI is InChI=1S/C30H27F2N3O5/c31-23-16-22(34-10-12-40-13-11-34)17-24(32)28(23)29(37)33-25(30(38)39)15-19-4-3-5-20(14-19)18-35-26-7-2-1-6-21(26)8-9-27(35)36/h1-9,14,16-17,25H,10-13,15,18H2,(H,33,37)(H,38,39). The number of halogens is 2. The first-order valence-corrected chi connectivity index (χ1v) is 12.8. The number of hydrogen-bond donors (Lipinski definition) is 2. The molecule has 0 radical (unpaired) electrons. The fourth-order valence-electron chi connectivity index (χ4n) is 4.89. The molecular weight excluding hydrogens is 520 g/mol. The van der Waals surface area contributed by atoms with Crippen molar-refractivity contribution < 1.29 is 28.2 Å². The van der Waals surface area contributed by atoms with Gasteiger partial charge in [0.15, 0.2) is 0 Å². The van der Waals surface area contributed by atoms with Gasteiger partial charge in [0.05, 0.1) is 25.3 Å². The number of morpholine rings is 1. The van der Waals surface area contributed by atoms with E-state index in [0.29, 0.717) is 31.9 Å². The van der Waals surface area contributed by atoms with E-state index in [1.165, 1.54) is 6.07 Å². The first-order valence-electron chi connectivity index (χ1n) is 12.8. The predicted octanol–water partition coefficient (Wildman–Crippen LogP) is 3.59. The van der Waals surface area contributed by atoms with E-state index < -0.39 is 35.1 Å². The molecule has 0 saturated carbocycles. The smallest absolute Gasteiger partial charge is 0.326 e. The lowest BCUT2D eigenvalue weighted by Gasteiger charge is -2.29. The van der Waals surface area contributed by atoms with E-state index >= 15 is 0 Å². The lowest BCUT2D eigenvalue weighted by Crippen LogP contribution is -2.43. The Morgan fingerprint density at radius 3 is 2.35 bits per heavy atom. The van der Waals surface area contributed by atoms with Crippen LogP contribution < -0.4 is 15.8 Å². The van der Waals surface area contributed by atoms with E-state index in [0.717, 1.165) is 28.6 Å². The van der Waals surface area contributed by atoms with Crippen molar-refractivity contribution in [3.63, 3.8) is 0 Å². The van der Waals surface area contributed by atoms with Gasteiger partial charge in [0.25, 0.3) is 11.5 Å². The maximum atomic E-state index is 14.9. The van der Waals surface area contributed by atoms with Crippen LogP contribution in [0.5, 0.6) is 0 Å². The number of hydrogen-bond acceptors (Lipinski definition) is 5. The van der Waals surface area contributed by atoms with Crippen LogP contribution in [0.1, 0.15) is 21.5 Å². The van der Waals surface area contributed by atoms with Crippen LogP contribution in [0.3, 0.4) is 0 Å². The van der Waals surface area contributed by atoms with Gasteiger partial charge in [-0.2, -0.15) is 0 Å². The van der Waals surface area contributed by atoms with Crippen LogP contribution in [0.15, 0.2) is 77.6 Å². The molecular formula is C30H27F2N3O5. The second-order valence-electron chi connectivity index (χ2n) is 9.59. The summed E-state index contributed by atoms with van der Waals surface area (Å²) >= 11 is 0. The zero-order chi connectivity index (χ0) is 28.2. The molecule has 1 amide bonds. The highest BCUT2D eigenvalue weighted by molar-refractivity contribution is 5.97. The maximum absolute atomic E-state index is 14.9. The van der Waals surface area contributed by atoms with Gasteiger partial charge in [-0.1, -0.05) is 42.5 Å². The number of amides is 1. The van der Waals surface area contributed by atoms with E-state index in [4.69, 9.17) is 4.74 Å². The Bertz CT molecular complexity index is 1610. The van der Waals surface area contributed by atoms with Crippen molar-refractivity contribution in [1.29, 1.82) is 0 Å². The average molecular weight is 548 g/mol. The second-order valence-corrected chi connectivity index (χ2v) is 9.59. The Morgan fingerprint density at radius 1 is 0.925 bits per heavy atom. The maximum Gasteiger partial charge on any atom is 0.326 e. The zero-order valence-corrected chi connectivity index (χ0v) is 21.5. The molecule has 3 aromatic carbocycles. The van der Waals surface area contributed by atoms with Gasteiger partial charge in [-0.3, -0.25) is 9.59 Å². The number of anilines is 1. The summed E-state index contributed by atoms with van der Waals surface area (Å²) in [7, 11) is 0. The molecule has 10 heteroatoms. The first kappa shape index (κ1) is 27.0. The number of carboxylic acid groups (broad SMARTS) is 1. The van der Waals surface area contributed by atoms with E-state index in [1.807, 2.05) is 30.3 Å². The number of aliphatic carboxylic acids is 1. The molecule has 1 aliphatic heterocycles. The summed E-state index contributed by atoms with van der Waals surface area (Å²) in [6.07, 6.45) is -0.131. The van der Waals surface area contributed by atoms with Crippen molar-refractivity contribution in [2.45, 2.75) is 19.0 Å². The van der Waals surface area contributed by atoms with Crippen LogP contribution in [-0.4, -0.2) is 53.9 Å². The molecule has 5 rings (SSSR count). The predicted molar refractivity (Wildman–Crippen MR) is 146 cm³/mol. The highest BCUT2D eigenvalue weighted by atomic mass is 19.1. The first-order chi connectivity index (χ1) is 19.3. The third-order valence-corrected chi connectivity index (χ3v) is 6.90. The zero-order valence-electron chi connectivity index (χ0n) is 21.5. The lowest BCUT2D eigenvalue weighted by molar-refractivity contribution is -0.139. The summed E-state index contributed by atoms with van der Waals surface area (Å²) in [5.74, 6) is -4.67. The fraction of sp³-hybridized carbons (Fsp3) is 0.233. The number of carbonyl (C=O) groups excluding carboxylic acids is 1. The summed E-state index contributed by atoms with van der Waals surface area (Å²) in [5, 5.41) is 12.9. The Labute approximate surface area is 228 Å². The molecule has 0 aliphatic carbocycles. The van der Waals surface area contributed by atoms with E-state index in [-0.39, 0.29) is 24.2 Å². The van der Waals surface area contributed by atoms with Crippen molar-refractivity contribution in [3.05, 3.63) is 111 Å². The molecule has 1 fully saturated rings. The van der Waals surface area contributed by atoms with E-state index in [2.05, 4.69) is 5.32 Å². The Hall–Kier alpha value is -4.57. The highest BCUT2D eigenvalue weighted by Crippen LogP contribution is 2.23. The van der Waals surface area contributed by atoms with Gasteiger partial charge in [0.1, 0.15) is 23.2 Å². The van der Waals surface area contributed by atoms with Crippen LogP contribution in [-0.2, 0) is 22.5 Å². The van der Waals surface area contributed by atoms with Gasteiger partial charge in [-0.05, 0) is 40.8 Å². The normalized spacial score (nSPS) is 14.2. The number of carbonyl (C=O) groups is 2. The van der Waals surface area contributed by atoms with Gasteiger partial charge in [-0.25, -0.2) is 13.6 Å². The molecule has 1 aromatic heterocycles. The third-order valence-electron chi connectivity index (χ3n) is 6.90. The number of nitrogens with one attached hydrogen (secondary N) is 1. The number of fused-ring (bicyclic) bond motifs is 1. The van der Waals surface area contributed by atoms with Crippen molar-refractivity contribution in [2.75, 3.05) is 31.2 Å². The number of rotatable bonds is 8. The Morgan fingerprint density at radius 2 is 1.62 bits per heavy atom. The summed E-state index contributed by atoms with van der Waals surface area (Å²) in [5.41, 5.74) is 1.35. The SMILES string of the molecule is O=C(NC(Cc1cccc(Cn2c(=O)ccc3ccccc32)c1)C(=O)O)c1c(F)cc(N2CCOCC2)cc1F. The molecule has 206 valence electrons.